The number of aromatic amines is 2. The Morgan fingerprint density at radius 3 is 0.786 bits per heavy atom. The number of nitrogens with one attached hydrogen (secondary N) is 2. The van der Waals surface area contributed by atoms with Crippen LogP contribution in [0.15, 0.2) is 121 Å². The minimum atomic E-state index is -4.77. The van der Waals surface area contributed by atoms with Crippen LogP contribution in [0.3, 0.4) is 0 Å². The molecule has 20 heteroatoms. The van der Waals surface area contributed by atoms with Crippen LogP contribution in [0.5, 0.6) is 0 Å². The fourth-order valence-corrected chi connectivity index (χ4v) is 8.82. The van der Waals surface area contributed by atoms with Crippen LogP contribution in [-0.4, -0.2) is 44.4 Å². The lowest BCUT2D eigenvalue weighted by atomic mass is 9.96. The molecule has 70 heavy (non-hydrogen) atoms. The van der Waals surface area contributed by atoms with Gasteiger partial charge < -0.3 is 29.7 Å². The molecule has 4 atom stereocenters. The molecule has 8 bridgehead atoms. The second kappa shape index (κ2) is 17.4. The molecule has 0 amide bonds. The second-order valence-electron chi connectivity index (χ2n) is 16.3. The number of benzene rings is 4. The average molecular weight is 983 g/mol. The standard InChI is InChI=1S/C50H34F12N4O4/c1-69-45-41-37(25-7-15-29(16-8-25)49(57,58)59)33-21-19-31(63-33)35(23-3-11-27(12-4-23)47(51,52)53)39-43(67)44(68)40(65-39)36(24-5-13-28(14-6-24)48(54,55)56)32-20-22-34(64-32)38(42(66-41)46(45)70-2)26-9-17-30(18-10-26)50(60,61)62/h3-22,43-46,63-64,67-68H,1-2H3/t43-,44+,45+,46-. The van der Waals surface area contributed by atoms with E-state index in [1.54, 1.807) is 0 Å². The number of H-pyrrole nitrogens is 2. The van der Waals surface area contributed by atoms with Gasteiger partial charge in [-0.25, -0.2) is 0 Å². The fourth-order valence-electron chi connectivity index (χ4n) is 8.82. The Balaban J connectivity index is 1.50. The zero-order valence-corrected chi connectivity index (χ0v) is 36.0. The smallest absolute Gasteiger partial charge is 0.384 e. The van der Waals surface area contributed by atoms with Gasteiger partial charge in [-0.1, -0.05) is 48.5 Å². The van der Waals surface area contributed by atoms with E-state index in [0.717, 1.165) is 72.8 Å². The Morgan fingerprint density at radius 1 is 0.357 bits per heavy atom. The third-order valence-electron chi connectivity index (χ3n) is 12.1. The van der Waals surface area contributed by atoms with Crippen molar-refractivity contribution >= 4 is 22.1 Å². The number of hydrogen-bond acceptors (Lipinski definition) is 6. The molecule has 2 aliphatic heterocycles. The molecule has 3 aromatic heterocycles. The Hall–Kier alpha value is -7.00. The van der Waals surface area contributed by atoms with Gasteiger partial charge in [0.15, 0.2) is 0 Å². The van der Waals surface area contributed by atoms with Gasteiger partial charge >= 0.3 is 24.7 Å². The molecule has 0 spiro atoms. The number of ether oxygens (including phenoxy) is 2. The Bertz CT molecular complexity index is 3050. The number of hydrogen-bond donors (Lipinski definition) is 4. The monoisotopic (exact) mass is 982 g/mol. The van der Waals surface area contributed by atoms with E-state index in [1.807, 2.05) is 0 Å². The van der Waals surface area contributed by atoms with Crippen LogP contribution in [0.4, 0.5) is 52.7 Å². The first-order valence-corrected chi connectivity index (χ1v) is 20.9. The van der Waals surface area contributed by atoms with Crippen LogP contribution in [0.1, 0.15) is 69.4 Å². The quantitative estimate of drug-likeness (QED) is 0.123. The van der Waals surface area contributed by atoms with Crippen molar-refractivity contribution in [3.63, 3.8) is 0 Å². The van der Waals surface area contributed by atoms with Crippen molar-refractivity contribution in [3.8, 4) is 44.5 Å². The molecule has 4 N–H and O–H groups in total. The summed E-state index contributed by atoms with van der Waals surface area (Å²) in [6.07, 6.45) is -25.3. The van der Waals surface area contributed by atoms with Gasteiger partial charge in [0.2, 0.25) is 0 Å². The molecule has 2 aliphatic rings. The summed E-state index contributed by atoms with van der Waals surface area (Å²) in [5.74, 6) is 0. The maximum Gasteiger partial charge on any atom is 0.416 e. The number of aliphatic hydroxyl groups excluding tert-OH is 2. The largest absolute Gasteiger partial charge is 0.416 e. The van der Waals surface area contributed by atoms with Crippen molar-refractivity contribution in [2.45, 2.75) is 49.1 Å². The highest BCUT2D eigenvalue weighted by molar-refractivity contribution is 5.92. The number of methoxy groups -OCH3 is 2. The molecule has 7 aromatic rings. The number of halogens is 12. The van der Waals surface area contributed by atoms with Gasteiger partial charge in [0.25, 0.3) is 0 Å². The highest BCUT2D eigenvalue weighted by Gasteiger charge is 2.40. The zero-order valence-electron chi connectivity index (χ0n) is 36.0. The summed E-state index contributed by atoms with van der Waals surface area (Å²) in [5.41, 5.74) is -3.83. The average Bonchev–Trinajstić information content (AvgIpc) is 4.11. The summed E-state index contributed by atoms with van der Waals surface area (Å²) in [4.78, 5) is 16.0. The molecular weight excluding hydrogens is 949 g/mol. The minimum Gasteiger partial charge on any atom is -0.384 e. The summed E-state index contributed by atoms with van der Waals surface area (Å²) in [5, 5.41) is 23.9. The first-order valence-electron chi connectivity index (χ1n) is 20.9. The summed E-state index contributed by atoms with van der Waals surface area (Å²) in [6.45, 7) is 0. The van der Waals surface area contributed by atoms with Gasteiger partial charge in [0.1, 0.15) is 24.4 Å². The number of rotatable bonds is 6. The number of nitrogens with zero attached hydrogens (tertiary/aromatic N) is 2. The predicted molar refractivity (Wildman–Crippen MR) is 232 cm³/mol. The normalized spacial score (nSPS) is 17.8. The number of alkyl halides is 12. The molecule has 9 rings (SSSR count). The number of aliphatic hydroxyl groups is 2. The van der Waals surface area contributed by atoms with Gasteiger partial charge in [-0.15, -0.1) is 0 Å². The molecule has 0 radical (unpaired) electrons. The third kappa shape index (κ3) is 8.69. The van der Waals surface area contributed by atoms with Gasteiger partial charge in [-0.2, -0.15) is 52.7 Å². The lowest BCUT2D eigenvalue weighted by Gasteiger charge is -2.20. The first-order chi connectivity index (χ1) is 33.0. The maximum absolute atomic E-state index is 13.9. The van der Waals surface area contributed by atoms with E-state index in [1.165, 1.54) is 62.8 Å². The summed E-state index contributed by atoms with van der Waals surface area (Å²) in [6, 6.07) is 21.3. The number of fused-ring (bicyclic) bond motifs is 8. The van der Waals surface area contributed by atoms with Gasteiger partial charge in [0.05, 0.1) is 45.0 Å². The molecular formula is C50H34F12N4O4. The number of aromatic nitrogens is 4. The third-order valence-corrected chi connectivity index (χ3v) is 12.1. The van der Waals surface area contributed by atoms with Gasteiger partial charge in [-0.3, -0.25) is 9.97 Å². The van der Waals surface area contributed by atoms with Crippen LogP contribution < -0.4 is 0 Å². The maximum atomic E-state index is 13.9. The molecule has 0 saturated carbocycles. The van der Waals surface area contributed by atoms with E-state index in [-0.39, 0.29) is 89.4 Å². The highest BCUT2D eigenvalue weighted by atomic mass is 19.4. The molecule has 8 nitrogen and oxygen atoms in total. The van der Waals surface area contributed by atoms with E-state index < -0.39 is 71.4 Å². The van der Waals surface area contributed by atoms with Crippen molar-refractivity contribution in [1.29, 1.82) is 0 Å². The van der Waals surface area contributed by atoms with E-state index in [4.69, 9.17) is 19.4 Å². The lowest BCUT2D eigenvalue weighted by Crippen LogP contribution is -2.11. The zero-order chi connectivity index (χ0) is 50.2. The molecule has 4 aromatic carbocycles. The van der Waals surface area contributed by atoms with Crippen molar-refractivity contribution in [2.24, 2.45) is 0 Å². The van der Waals surface area contributed by atoms with E-state index >= 15 is 0 Å². The molecule has 362 valence electrons. The van der Waals surface area contributed by atoms with Crippen LogP contribution in [0, 0.1) is 0 Å². The van der Waals surface area contributed by atoms with Crippen molar-refractivity contribution < 1.29 is 72.4 Å². The molecule has 0 fully saturated rings. The van der Waals surface area contributed by atoms with E-state index in [2.05, 4.69) is 9.97 Å². The second-order valence-corrected chi connectivity index (χ2v) is 16.3. The molecule has 0 aliphatic carbocycles. The van der Waals surface area contributed by atoms with Crippen LogP contribution in [-0.2, 0) is 34.2 Å². The van der Waals surface area contributed by atoms with Crippen LogP contribution >= 0.6 is 0 Å². The van der Waals surface area contributed by atoms with E-state index in [0.29, 0.717) is 0 Å². The summed E-state index contributed by atoms with van der Waals surface area (Å²) < 4.78 is 179. The van der Waals surface area contributed by atoms with Gasteiger partial charge in [0, 0.05) is 58.5 Å². The van der Waals surface area contributed by atoms with Crippen molar-refractivity contribution in [1.82, 2.24) is 19.9 Å². The Labute approximate surface area is 387 Å². The van der Waals surface area contributed by atoms with Gasteiger partial charge in [-0.05, 0) is 95.1 Å². The molecule has 0 unspecified atom stereocenters. The molecule has 5 heterocycles. The summed E-state index contributed by atoms with van der Waals surface area (Å²) >= 11 is 0. The Kier molecular flexibility index (Phi) is 12.0. The van der Waals surface area contributed by atoms with Crippen molar-refractivity contribution in [3.05, 3.63) is 166 Å². The first kappa shape index (κ1) is 48.0. The fraction of sp³-hybridized carbons (Fsp3) is 0.200. The lowest BCUT2D eigenvalue weighted by molar-refractivity contribution is -0.138. The van der Waals surface area contributed by atoms with E-state index in [9.17, 15) is 62.9 Å². The van der Waals surface area contributed by atoms with Crippen LogP contribution in [0.25, 0.3) is 66.6 Å². The topological polar surface area (TPSA) is 116 Å². The Morgan fingerprint density at radius 2 is 0.571 bits per heavy atom. The SMILES string of the molecule is CO[C@@H]1c2nc(c(-c3ccc(C(F)(F)F)cc3)c3ccc([nH]3)c(-c3ccc(C(F)(F)F)cc3)c3nc(c(-c4ccc(C(F)(F)F)cc4)c4ccc([nH]4)c2-c2ccc(C(F)(F)F)cc2)[C@H](O)[C@@H]3O)[C@@H]1OC. The van der Waals surface area contributed by atoms with Crippen molar-refractivity contribution in [2.75, 3.05) is 14.2 Å². The molecule has 0 saturated heterocycles. The highest BCUT2D eigenvalue weighted by Crippen LogP contribution is 2.49. The summed E-state index contributed by atoms with van der Waals surface area (Å²) in [7, 11) is 2.60. The predicted octanol–water partition coefficient (Wildman–Crippen LogP) is 13.9. The van der Waals surface area contributed by atoms with Crippen LogP contribution in [0.2, 0.25) is 0 Å². The minimum absolute atomic E-state index is 0.0295.